The van der Waals surface area contributed by atoms with Crippen LogP contribution in [0.5, 0.6) is 0 Å². The van der Waals surface area contributed by atoms with Crippen molar-refractivity contribution < 1.29 is 18.0 Å². The normalized spacial score (nSPS) is 14.5. The fraction of sp³-hybridized carbons (Fsp3) is 0.286. The van der Waals surface area contributed by atoms with Crippen LogP contribution in [0.2, 0.25) is 0 Å². The number of hydrogen-bond donors (Lipinski definition) is 3. The first-order chi connectivity index (χ1) is 19.3. The van der Waals surface area contributed by atoms with Crippen molar-refractivity contribution in [1.29, 1.82) is 0 Å². The van der Waals surface area contributed by atoms with Gasteiger partial charge in [0, 0.05) is 61.9 Å². The minimum atomic E-state index is -4.55. The average Bonchev–Trinajstić information content (AvgIpc) is 3.41. The average molecular weight is 549 g/mol. The number of rotatable bonds is 5. The molecular formula is C28H27F3N8O. The smallest absolute Gasteiger partial charge is 0.308 e. The SMILES string of the molecule is CCN1CCN(Cc2ccc(NC(=O)Nc3cc(C#Cc4cnc5cn[nH]c5c4)ccn3)cc2C(F)(F)F)CC1. The number of nitrogens with one attached hydrogen (secondary N) is 3. The summed E-state index contributed by atoms with van der Waals surface area (Å²) in [4.78, 5) is 25.2. The number of carbonyl (C=O) groups is 1. The molecule has 4 heterocycles. The van der Waals surface area contributed by atoms with E-state index >= 15 is 0 Å². The Morgan fingerprint density at radius 1 is 0.975 bits per heavy atom. The predicted molar refractivity (Wildman–Crippen MR) is 146 cm³/mol. The molecule has 3 N–H and O–H groups in total. The van der Waals surface area contributed by atoms with Gasteiger partial charge in [0.25, 0.3) is 0 Å². The second-order valence-electron chi connectivity index (χ2n) is 9.37. The Morgan fingerprint density at radius 3 is 2.52 bits per heavy atom. The van der Waals surface area contributed by atoms with E-state index in [4.69, 9.17) is 0 Å². The molecule has 1 saturated heterocycles. The highest BCUT2D eigenvalue weighted by Crippen LogP contribution is 2.34. The summed E-state index contributed by atoms with van der Waals surface area (Å²) in [6.45, 7) is 6.28. The number of H-pyrrole nitrogens is 1. The van der Waals surface area contributed by atoms with E-state index in [1.807, 2.05) is 11.0 Å². The number of hydrogen-bond acceptors (Lipinski definition) is 6. The molecule has 12 heteroatoms. The maximum absolute atomic E-state index is 13.9. The second kappa shape index (κ2) is 11.7. The first-order valence-corrected chi connectivity index (χ1v) is 12.8. The van der Waals surface area contributed by atoms with Gasteiger partial charge < -0.3 is 10.2 Å². The Hall–Kier alpha value is -4.47. The zero-order chi connectivity index (χ0) is 28.1. The maximum atomic E-state index is 13.9. The molecule has 0 aliphatic carbocycles. The molecule has 2 amide bonds. The second-order valence-corrected chi connectivity index (χ2v) is 9.37. The molecule has 1 aromatic carbocycles. The number of anilines is 2. The molecule has 1 fully saturated rings. The lowest BCUT2D eigenvalue weighted by Crippen LogP contribution is -2.45. The van der Waals surface area contributed by atoms with E-state index in [-0.39, 0.29) is 23.6 Å². The number of carbonyl (C=O) groups excluding carboxylic acids is 1. The van der Waals surface area contributed by atoms with Crippen LogP contribution in [0.3, 0.4) is 0 Å². The van der Waals surface area contributed by atoms with E-state index in [2.05, 4.69) is 54.5 Å². The fourth-order valence-electron chi connectivity index (χ4n) is 4.46. The number of piperazine rings is 1. The van der Waals surface area contributed by atoms with E-state index in [9.17, 15) is 18.0 Å². The van der Waals surface area contributed by atoms with Gasteiger partial charge in [0.1, 0.15) is 11.3 Å². The van der Waals surface area contributed by atoms with Crippen molar-refractivity contribution in [3.63, 3.8) is 0 Å². The Balaban J connectivity index is 1.24. The molecule has 0 saturated carbocycles. The Kier molecular flexibility index (Phi) is 7.95. The summed E-state index contributed by atoms with van der Waals surface area (Å²) in [6, 6.07) is 8.22. The highest BCUT2D eigenvalue weighted by Gasteiger charge is 2.34. The summed E-state index contributed by atoms with van der Waals surface area (Å²) in [5, 5.41) is 11.8. The van der Waals surface area contributed by atoms with Crippen LogP contribution in [-0.2, 0) is 12.7 Å². The third kappa shape index (κ3) is 6.74. The number of fused-ring (bicyclic) bond motifs is 1. The van der Waals surface area contributed by atoms with Crippen LogP contribution in [0.15, 0.2) is 55.0 Å². The molecule has 9 nitrogen and oxygen atoms in total. The van der Waals surface area contributed by atoms with Gasteiger partial charge in [0.15, 0.2) is 0 Å². The van der Waals surface area contributed by atoms with E-state index in [0.717, 1.165) is 36.7 Å². The van der Waals surface area contributed by atoms with Crippen LogP contribution in [0.4, 0.5) is 29.5 Å². The van der Waals surface area contributed by atoms with Crippen molar-refractivity contribution >= 4 is 28.6 Å². The Labute approximate surface area is 228 Å². The third-order valence-corrected chi connectivity index (χ3v) is 6.62. The predicted octanol–water partition coefficient (Wildman–Crippen LogP) is 4.55. The first kappa shape index (κ1) is 27.1. The molecule has 0 atom stereocenters. The molecule has 5 rings (SSSR count). The van der Waals surface area contributed by atoms with E-state index in [1.165, 1.54) is 18.3 Å². The highest BCUT2D eigenvalue weighted by atomic mass is 19.4. The van der Waals surface area contributed by atoms with Crippen LogP contribution in [0, 0.1) is 11.8 Å². The Morgan fingerprint density at radius 2 is 1.75 bits per heavy atom. The van der Waals surface area contributed by atoms with Gasteiger partial charge in [-0.3, -0.25) is 20.3 Å². The van der Waals surface area contributed by atoms with Crippen LogP contribution in [0.25, 0.3) is 11.0 Å². The van der Waals surface area contributed by atoms with Crippen LogP contribution < -0.4 is 10.6 Å². The molecule has 4 aromatic rings. The number of aromatic nitrogens is 4. The number of nitrogens with zero attached hydrogens (tertiary/aromatic N) is 5. The fourth-order valence-corrected chi connectivity index (χ4v) is 4.46. The maximum Gasteiger partial charge on any atom is 0.416 e. The molecule has 0 unspecified atom stereocenters. The van der Waals surface area contributed by atoms with Gasteiger partial charge in [-0.1, -0.05) is 24.8 Å². The number of benzene rings is 1. The number of urea groups is 1. The largest absolute Gasteiger partial charge is 0.416 e. The van der Waals surface area contributed by atoms with E-state index in [1.54, 1.807) is 24.5 Å². The van der Waals surface area contributed by atoms with Crippen molar-refractivity contribution in [3.8, 4) is 11.8 Å². The van der Waals surface area contributed by atoms with Crippen molar-refractivity contribution in [3.05, 3.63) is 77.2 Å². The third-order valence-electron chi connectivity index (χ3n) is 6.62. The molecule has 3 aromatic heterocycles. The van der Waals surface area contributed by atoms with E-state index < -0.39 is 17.8 Å². The standard InChI is InChI=1S/C28H27F3N8O/c1-2-38-9-11-39(12-10-38)18-21-5-6-22(15-23(21)28(29,30)31)35-27(40)36-26-14-19(7-8-32-26)3-4-20-13-24-25(33-16-20)17-34-37-24/h5-8,13-17H,2,9-12,18H2,1H3,(H,34,37)(H2,32,35,36,40). The van der Waals surface area contributed by atoms with Gasteiger partial charge in [0.05, 0.1) is 17.3 Å². The summed E-state index contributed by atoms with van der Waals surface area (Å²) in [5.74, 6) is 6.18. The Bertz CT molecular complexity index is 1570. The number of halogens is 3. The minimum Gasteiger partial charge on any atom is -0.308 e. The lowest BCUT2D eigenvalue weighted by molar-refractivity contribution is -0.138. The summed E-state index contributed by atoms with van der Waals surface area (Å²) in [6.07, 6.45) is 0.172. The van der Waals surface area contributed by atoms with Gasteiger partial charge in [-0.2, -0.15) is 18.3 Å². The van der Waals surface area contributed by atoms with Gasteiger partial charge in [0.2, 0.25) is 0 Å². The summed E-state index contributed by atoms with van der Waals surface area (Å²) in [7, 11) is 0. The molecule has 0 radical (unpaired) electrons. The number of pyridine rings is 2. The summed E-state index contributed by atoms with van der Waals surface area (Å²) >= 11 is 0. The van der Waals surface area contributed by atoms with Gasteiger partial charge in [-0.15, -0.1) is 0 Å². The lowest BCUT2D eigenvalue weighted by atomic mass is 10.0. The quantitative estimate of drug-likeness (QED) is 0.316. The van der Waals surface area contributed by atoms with Crippen LogP contribution in [-0.4, -0.2) is 68.7 Å². The number of aromatic amines is 1. The molecular weight excluding hydrogens is 521 g/mol. The van der Waals surface area contributed by atoms with Crippen LogP contribution >= 0.6 is 0 Å². The number of alkyl halides is 3. The number of amides is 2. The van der Waals surface area contributed by atoms with E-state index in [0.29, 0.717) is 24.2 Å². The van der Waals surface area contributed by atoms with Gasteiger partial charge >= 0.3 is 12.2 Å². The molecule has 206 valence electrons. The number of likely N-dealkylation sites (N-methyl/N-ethyl adjacent to an activating group) is 1. The van der Waals surface area contributed by atoms with Crippen LogP contribution in [0.1, 0.15) is 29.2 Å². The zero-order valence-electron chi connectivity index (χ0n) is 21.7. The van der Waals surface area contributed by atoms with Gasteiger partial charge in [-0.05, 0) is 42.4 Å². The van der Waals surface area contributed by atoms with Crippen molar-refractivity contribution in [1.82, 2.24) is 30.0 Å². The molecule has 1 aliphatic heterocycles. The summed E-state index contributed by atoms with van der Waals surface area (Å²) in [5.41, 5.74) is 2.19. The van der Waals surface area contributed by atoms with Crippen molar-refractivity contribution in [2.75, 3.05) is 43.4 Å². The minimum absolute atomic E-state index is 0.0297. The topological polar surface area (TPSA) is 102 Å². The van der Waals surface area contributed by atoms with Gasteiger partial charge in [-0.25, -0.2) is 9.78 Å². The first-order valence-electron chi connectivity index (χ1n) is 12.8. The molecule has 0 bridgehead atoms. The van der Waals surface area contributed by atoms with Crippen molar-refractivity contribution in [2.24, 2.45) is 0 Å². The highest BCUT2D eigenvalue weighted by molar-refractivity contribution is 5.99. The molecule has 40 heavy (non-hydrogen) atoms. The lowest BCUT2D eigenvalue weighted by Gasteiger charge is -2.34. The summed E-state index contributed by atoms with van der Waals surface area (Å²) < 4.78 is 41.7. The zero-order valence-corrected chi connectivity index (χ0v) is 21.7. The monoisotopic (exact) mass is 548 g/mol. The molecule has 0 spiro atoms. The van der Waals surface area contributed by atoms with Crippen molar-refractivity contribution in [2.45, 2.75) is 19.6 Å². The molecule has 1 aliphatic rings.